The zero-order valence-corrected chi connectivity index (χ0v) is 22.9. The molecule has 2 aliphatic rings. The molecule has 3 heteroatoms. The minimum Gasteiger partial charge on any atom is -0.462 e. The summed E-state index contributed by atoms with van der Waals surface area (Å²) in [6, 6.07) is 16.0. The lowest BCUT2D eigenvalue weighted by Gasteiger charge is -2.36. The highest BCUT2D eigenvalue weighted by atomic mass is 16.5. The van der Waals surface area contributed by atoms with Crippen LogP contribution in [0.5, 0.6) is 0 Å². The molecule has 2 aromatic rings. The number of esters is 1. The van der Waals surface area contributed by atoms with Crippen molar-refractivity contribution in [1.29, 1.82) is 0 Å². The van der Waals surface area contributed by atoms with E-state index in [9.17, 15) is 9.90 Å². The molecule has 0 heterocycles. The van der Waals surface area contributed by atoms with Crippen molar-refractivity contribution in [2.75, 3.05) is 13.2 Å². The Labute approximate surface area is 224 Å². The Hall–Kier alpha value is -2.39. The third-order valence-corrected chi connectivity index (χ3v) is 8.79. The molecule has 1 N–H and O–H groups in total. The molecule has 2 aliphatic carbocycles. The van der Waals surface area contributed by atoms with E-state index in [4.69, 9.17) is 4.74 Å². The molecule has 0 aliphatic heterocycles. The van der Waals surface area contributed by atoms with Crippen LogP contribution in [0.1, 0.15) is 100 Å². The summed E-state index contributed by atoms with van der Waals surface area (Å²) in [5, 5.41) is 9.33. The van der Waals surface area contributed by atoms with Crippen molar-refractivity contribution < 1.29 is 14.6 Å². The van der Waals surface area contributed by atoms with E-state index in [1.54, 1.807) is 6.92 Å². The standard InChI is InChI=1S/C34H46O3/c1-25(2)34(36)37-23-7-11-32-24-33(21-20-27(32)10-6-22-35)31-18-16-30(17-19-31)29-14-12-28(13-15-29)26-8-4-3-5-9-26/h16-21,24,26,28-29,35H,1,3-15,22-23H2,2H3. The summed E-state index contributed by atoms with van der Waals surface area (Å²) in [6.07, 6.45) is 16.1. The molecule has 0 amide bonds. The lowest BCUT2D eigenvalue weighted by molar-refractivity contribution is -0.139. The predicted molar refractivity (Wildman–Crippen MR) is 153 cm³/mol. The van der Waals surface area contributed by atoms with E-state index >= 15 is 0 Å². The number of benzene rings is 2. The number of aliphatic hydroxyl groups excluding tert-OH is 1. The van der Waals surface area contributed by atoms with Gasteiger partial charge in [0.2, 0.25) is 0 Å². The van der Waals surface area contributed by atoms with E-state index in [1.165, 1.54) is 85.6 Å². The topological polar surface area (TPSA) is 46.5 Å². The van der Waals surface area contributed by atoms with E-state index < -0.39 is 0 Å². The molecule has 0 saturated heterocycles. The molecule has 0 spiro atoms. The van der Waals surface area contributed by atoms with Gasteiger partial charge in [-0.05, 0) is 104 Å². The highest BCUT2D eigenvalue weighted by molar-refractivity contribution is 5.86. The number of hydrogen-bond acceptors (Lipinski definition) is 3. The van der Waals surface area contributed by atoms with E-state index in [1.807, 2.05) is 0 Å². The Morgan fingerprint density at radius 3 is 2.16 bits per heavy atom. The first-order valence-corrected chi connectivity index (χ1v) is 14.7. The third kappa shape index (κ3) is 7.80. The molecule has 3 nitrogen and oxygen atoms in total. The molecule has 0 unspecified atom stereocenters. The first kappa shape index (κ1) is 27.6. The molecule has 2 fully saturated rings. The first-order chi connectivity index (χ1) is 18.0. The van der Waals surface area contributed by atoms with Crippen molar-refractivity contribution in [3.8, 4) is 11.1 Å². The minimum atomic E-state index is -0.322. The summed E-state index contributed by atoms with van der Waals surface area (Å²) in [7, 11) is 0. The number of ether oxygens (including phenoxy) is 1. The summed E-state index contributed by atoms with van der Waals surface area (Å²) in [5.74, 6) is 2.37. The van der Waals surface area contributed by atoms with Gasteiger partial charge in [-0.1, -0.05) is 81.1 Å². The highest BCUT2D eigenvalue weighted by Gasteiger charge is 2.29. The van der Waals surface area contributed by atoms with Crippen LogP contribution in [0.2, 0.25) is 0 Å². The molecule has 0 atom stereocenters. The monoisotopic (exact) mass is 502 g/mol. The number of rotatable bonds is 11. The lowest BCUT2D eigenvalue weighted by Crippen LogP contribution is -2.23. The van der Waals surface area contributed by atoms with E-state index in [0.29, 0.717) is 18.1 Å². The van der Waals surface area contributed by atoms with Crippen LogP contribution in [0.15, 0.2) is 54.6 Å². The fraction of sp³-hybridized carbons (Fsp3) is 0.559. The van der Waals surface area contributed by atoms with Crippen molar-refractivity contribution in [2.24, 2.45) is 11.8 Å². The maximum atomic E-state index is 11.7. The number of aryl methyl sites for hydroxylation is 2. The largest absolute Gasteiger partial charge is 0.462 e. The second kappa shape index (κ2) is 14.0. The Morgan fingerprint density at radius 2 is 1.49 bits per heavy atom. The Kier molecular flexibility index (Phi) is 10.4. The maximum Gasteiger partial charge on any atom is 0.333 e. The normalized spacial score (nSPS) is 20.5. The molecular weight excluding hydrogens is 456 g/mol. The van der Waals surface area contributed by atoms with Crippen LogP contribution in [0, 0.1) is 11.8 Å². The van der Waals surface area contributed by atoms with Crippen molar-refractivity contribution in [3.63, 3.8) is 0 Å². The average molecular weight is 503 g/mol. The van der Waals surface area contributed by atoms with Crippen molar-refractivity contribution in [2.45, 2.75) is 96.3 Å². The molecule has 2 aromatic carbocycles. The van der Waals surface area contributed by atoms with Gasteiger partial charge in [-0.3, -0.25) is 0 Å². The molecule has 37 heavy (non-hydrogen) atoms. The second-order valence-electron chi connectivity index (χ2n) is 11.5. The van der Waals surface area contributed by atoms with Gasteiger partial charge in [0.25, 0.3) is 0 Å². The molecule has 0 radical (unpaired) electrons. The average Bonchev–Trinajstić information content (AvgIpc) is 2.95. The number of carbonyl (C=O) groups excluding carboxylic acids is 1. The fourth-order valence-corrected chi connectivity index (χ4v) is 6.58. The van der Waals surface area contributed by atoms with Gasteiger partial charge >= 0.3 is 5.97 Å². The summed E-state index contributed by atoms with van der Waals surface area (Å²) in [5.41, 5.74) is 6.98. The van der Waals surface area contributed by atoms with Crippen LogP contribution < -0.4 is 0 Å². The van der Waals surface area contributed by atoms with Gasteiger partial charge in [0, 0.05) is 12.2 Å². The molecule has 4 rings (SSSR count). The highest BCUT2D eigenvalue weighted by Crippen LogP contribution is 2.43. The van der Waals surface area contributed by atoms with E-state index in [0.717, 1.165) is 37.5 Å². The van der Waals surface area contributed by atoms with Crippen molar-refractivity contribution in [3.05, 3.63) is 71.3 Å². The summed E-state index contributed by atoms with van der Waals surface area (Å²) in [6.45, 7) is 5.91. The Bertz CT molecular complexity index is 1010. The number of hydrogen-bond donors (Lipinski definition) is 1. The van der Waals surface area contributed by atoms with Crippen LogP contribution in [0.3, 0.4) is 0 Å². The minimum absolute atomic E-state index is 0.196. The van der Waals surface area contributed by atoms with Gasteiger partial charge in [-0.15, -0.1) is 0 Å². The first-order valence-electron chi connectivity index (χ1n) is 14.7. The fourth-order valence-electron chi connectivity index (χ4n) is 6.58. The van der Waals surface area contributed by atoms with E-state index in [-0.39, 0.29) is 12.6 Å². The van der Waals surface area contributed by atoms with Crippen molar-refractivity contribution >= 4 is 5.97 Å². The second-order valence-corrected chi connectivity index (χ2v) is 11.5. The van der Waals surface area contributed by atoms with Crippen molar-refractivity contribution in [1.82, 2.24) is 0 Å². The summed E-state index contributed by atoms with van der Waals surface area (Å²) < 4.78 is 5.29. The van der Waals surface area contributed by atoms with Crippen LogP contribution >= 0.6 is 0 Å². The van der Waals surface area contributed by atoms with Gasteiger partial charge in [0.05, 0.1) is 6.61 Å². The van der Waals surface area contributed by atoms with Crippen LogP contribution in [-0.2, 0) is 22.4 Å². The van der Waals surface area contributed by atoms with E-state index in [2.05, 4.69) is 49.0 Å². The lowest BCUT2D eigenvalue weighted by atomic mass is 9.70. The summed E-state index contributed by atoms with van der Waals surface area (Å²) >= 11 is 0. The molecule has 0 aromatic heterocycles. The zero-order chi connectivity index (χ0) is 26.0. The smallest absolute Gasteiger partial charge is 0.333 e. The predicted octanol–water partition coefficient (Wildman–Crippen LogP) is 8.18. The van der Waals surface area contributed by atoms with Gasteiger partial charge < -0.3 is 9.84 Å². The summed E-state index contributed by atoms with van der Waals surface area (Å²) in [4.78, 5) is 11.7. The molecule has 0 bridgehead atoms. The zero-order valence-electron chi connectivity index (χ0n) is 22.9. The molecular formula is C34H46O3. The van der Waals surface area contributed by atoms with Crippen LogP contribution in [-0.4, -0.2) is 24.3 Å². The third-order valence-electron chi connectivity index (χ3n) is 8.79. The number of carbonyl (C=O) groups is 1. The van der Waals surface area contributed by atoms with Crippen LogP contribution in [0.25, 0.3) is 11.1 Å². The Morgan fingerprint density at radius 1 is 0.838 bits per heavy atom. The molecule has 200 valence electrons. The molecule has 2 saturated carbocycles. The van der Waals surface area contributed by atoms with Gasteiger partial charge in [0.15, 0.2) is 0 Å². The quantitative estimate of drug-likeness (QED) is 0.191. The number of aliphatic hydroxyl groups is 1. The SMILES string of the molecule is C=C(C)C(=O)OCCCc1cc(-c2ccc(C3CCC(C4CCCCC4)CC3)cc2)ccc1CCCO. The van der Waals surface area contributed by atoms with Gasteiger partial charge in [-0.25, -0.2) is 4.79 Å². The van der Waals surface area contributed by atoms with Gasteiger partial charge in [0.1, 0.15) is 0 Å². The maximum absolute atomic E-state index is 11.7. The Balaban J connectivity index is 1.37. The van der Waals surface area contributed by atoms with Gasteiger partial charge in [-0.2, -0.15) is 0 Å². The van der Waals surface area contributed by atoms with Crippen LogP contribution in [0.4, 0.5) is 0 Å².